The van der Waals surface area contributed by atoms with Gasteiger partial charge in [0, 0.05) is 19.5 Å². The largest absolute Gasteiger partial charge is 1.00 e. The molecule has 0 aliphatic rings. The van der Waals surface area contributed by atoms with Crippen molar-refractivity contribution in [2.45, 2.75) is 6.42 Å². The van der Waals surface area contributed by atoms with Gasteiger partial charge in [-0.3, -0.25) is 0 Å². The monoisotopic (exact) mass is 232 g/mol. The van der Waals surface area contributed by atoms with Gasteiger partial charge in [0.25, 0.3) is 0 Å². The molecule has 5 nitrogen and oxygen atoms in total. The third kappa shape index (κ3) is 15.7. The molecule has 70 valence electrons. The molecule has 0 aromatic heterocycles. The Labute approximate surface area is 105 Å². The maximum absolute atomic E-state index is 10.4. The Bertz CT molecular complexity index is 204. The van der Waals surface area contributed by atoms with Gasteiger partial charge < -0.3 is 19.6 Å². The minimum Gasteiger partial charge on any atom is -0.780 e. The van der Waals surface area contributed by atoms with E-state index in [2.05, 4.69) is 21.6 Å². The molecule has 0 bridgehead atoms. The second kappa shape index (κ2) is 9.53. The number of rotatable bonds is 6. The first-order valence-electron chi connectivity index (χ1n) is 3.32. The van der Waals surface area contributed by atoms with Crippen LogP contribution in [0.2, 0.25) is 0 Å². The van der Waals surface area contributed by atoms with Crippen LogP contribution in [0.4, 0.5) is 0 Å². The van der Waals surface area contributed by atoms with Crippen LogP contribution in [-0.4, -0.2) is 24.6 Å². The van der Waals surface area contributed by atoms with Crippen LogP contribution in [-0.2, 0) is 16.3 Å². The standard InChI is InChI=1S/C5H11N2O3PS.Na/c6-2-1-3-7-4-5-10-11(8,9)12;/h7H,1,3-5H2,(H2,8,9,12);/q;+1/p-1. The smallest absolute Gasteiger partial charge is 0.780 e. The van der Waals surface area contributed by atoms with Crippen molar-refractivity contribution >= 4 is 18.5 Å². The summed E-state index contributed by atoms with van der Waals surface area (Å²) in [6.07, 6.45) is 0.407. The minimum atomic E-state index is -3.74. The molecule has 1 atom stereocenters. The predicted molar refractivity (Wildman–Crippen MR) is 45.6 cm³/mol. The van der Waals surface area contributed by atoms with Gasteiger partial charge in [-0.25, -0.2) is 0 Å². The van der Waals surface area contributed by atoms with Crippen LogP contribution in [0.15, 0.2) is 0 Å². The Balaban J connectivity index is 0. The molecule has 0 aliphatic heterocycles. The van der Waals surface area contributed by atoms with E-state index in [-0.39, 0.29) is 36.2 Å². The van der Waals surface area contributed by atoms with E-state index in [4.69, 9.17) is 10.2 Å². The van der Waals surface area contributed by atoms with E-state index < -0.39 is 6.72 Å². The average Bonchev–Trinajstić information content (AvgIpc) is 1.94. The maximum Gasteiger partial charge on any atom is 1.00 e. The Morgan fingerprint density at radius 2 is 2.23 bits per heavy atom. The Morgan fingerprint density at radius 3 is 2.69 bits per heavy atom. The Hall–Kier alpha value is 0.980. The zero-order valence-corrected chi connectivity index (χ0v) is 11.1. The topological polar surface area (TPSA) is 88.3 Å². The first kappa shape index (κ1) is 16.4. The van der Waals surface area contributed by atoms with Crippen LogP contribution in [0.5, 0.6) is 0 Å². The molecule has 8 heteroatoms. The summed E-state index contributed by atoms with van der Waals surface area (Å²) in [6, 6.07) is 1.95. The van der Waals surface area contributed by atoms with Crippen LogP contribution < -0.4 is 39.8 Å². The second-order valence-corrected chi connectivity index (χ2v) is 4.54. The van der Waals surface area contributed by atoms with Gasteiger partial charge in [0.15, 0.2) is 0 Å². The number of hydrogen-bond acceptors (Lipinski definition) is 5. The maximum atomic E-state index is 10.4. The first-order valence-corrected chi connectivity index (χ1v) is 5.91. The van der Waals surface area contributed by atoms with Gasteiger partial charge in [0.05, 0.1) is 12.7 Å². The summed E-state index contributed by atoms with van der Waals surface area (Å²) in [7, 11) is 0. The minimum absolute atomic E-state index is 0. The predicted octanol–water partition coefficient (Wildman–Crippen LogP) is -3.91. The van der Waals surface area contributed by atoms with Crippen molar-refractivity contribution in [2.24, 2.45) is 0 Å². The molecule has 0 saturated heterocycles. The van der Waals surface area contributed by atoms with E-state index in [0.717, 1.165) is 0 Å². The van der Waals surface area contributed by atoms with Crippen molar-refractivity contribution in [3.63, 3.8) is 0 Å². The fraction of sp³-hybridized carbons (Fsp3) is 0.800. The van der Waals surface area contributed by atoms with Crippen LogP contribution in [0.3, 0.4) is 0 Å². The number of nitriles is 1. The molecule has 0 radical (unpaired) electrons. The summed E-state index contributed by atoms with van der Waals surface area (Å²) < 4.78 is 4.39. The van der Waals surface area contributed by atoms with Crippen LogP contribution in [0, 0.1) is 11.3 Å². The number of hydrogen-bond donors (Lipinski definition) is 2. The van der Waals surface area contributed by atoms with Crippen molar-refractivity contribution < 1.29 is 43.9 Å². The van der Waals surface area contributed by atoms with E-state index in [9.17, 15) is 4.89 Å². The molecule has 0 heterocycles. The summed E-state index contributed by atoms with van der Waals surface area (Å²) in [5.41, 5.74) is 0. The van der Waals surface area contributed by atoms with E-state index in [1.807, 2.05) is 6.07 Å². The number of nitrogens with zero attached hydrogens (tertiary/aromatic N) is 1. The van der Waals surface area contributed by atoms with E-state index >= 15 is 0 Å². The molecule has 2 N–H and O–H groups in total. The molecule has 0 aliphatic carbocycles. The molecule has 13 heavy (non-hydrogen) atoms. The number of nitrogens with one attached hydrogen (secondary N) is 1. The second-order valence-electron chi connectivity index (χ2n) is 1.96. The SMILES string of the molecule is N#CCCNCCOP([O-])(O)=S.[Na+]. The average molecular weight is 232 g/mol. The van der Waals surface area contributed by atoms with Gasteiger partial charge in [0.2, 0.25) is 0 Å². The van der Waals surface area contributed by atoms with Gasteiger partial charge in [-0.2, -0.15) is 5.26 Å². The van der Waals surface area contributed by atoms with Crippen molar-refractivity contribution in [3.8, 4) is 6.07 Å². The summed E-state index contributed by atoms with van der Waals surface area (Å²) in [6.45, 7) is -2.69. The third-order valence-electron chi connectivity index (χ3n) is 0.947. The summed E-state index contributed by atoms with van der Waals surface area (Å²) in [5.74, 6) is 0. The Morgan fingerprint density at radius 1 is 1.62 bits per heavy atom. The van der Waals surface area contributed by atoms with Crippen LogP contribution in [0.1, 0.15) is 6.42 Å². The first-order chi connectivity index (χ1) is 5.56. The van der Waals surface area contributed by atoms with E-state index in [0.29, 0.717) is 19.5 Å². The fourth-order valence-corrected chi connectivity index (χ4v) is 1.05. The molecule has 0 aromatic carbocycles. The van der Waals surface area contributed by atoms with Crippen molar-refractivity contribution in [1.29, 1.82) is 5.26 Å². The van der Waals surface area contributed by atoms with Crippen molar-refractivity contribution in [1.82, 2.24) is 5.32 Å². The summed E-state index contributed by atoms with van der Waals surface area (Å²) in [5, 5.41) is 11.0. The third-order valence-corrected chi connectivity index (χ3v) is 1.77. The molecular formula is C5H10N2NaO3PS. The van der Waals surface area contributed by atoms with Crippen molar-refractivity contribution in [2.75, 3.05) is 19.7 Å². The molecule has 0 saturated carbocycles. The zero-order chi connectivity index (χ0) is 9.45. The van der Waals surface area contributed by atoms with Gasteiger partial charge in [-0.05, 0) is 0 Å². The molecular weight excluding hydrogens is 222 g/mol. The van der Waals surface area contributed by atoms with Gasteiger partial charge >= 0.3 is 29.6 Å². The molecule has 0 fully saturated rings. The van der Waals surface area contributed by atoms with Crippen molar-refractivity contribution in [3.05, 3.63) is 0 Å². The molecule has 0 amide bonds. The quantitative estimate of drug-likeness (QED) is 0.276. The zero-order valence-electron chi connectivity index (χ0n) is 7.39. The van der Waals surface area contributed by atoms with Gasteiger partial charge in [-0.1, -0.05) is 11.8 Å². The summed E-state index contributed by atoms with van der Waals surface area (Å²) in [4.78, 5) is 18.9. The van der Waals surface area contributed by atoms with Crippen LogP contribution in [0.25, 0.3) is 0 Å². The summed E-state index contributed by atoms with van der Waals surface area (Å²) >= 11 is 4.09. The molecule has 0 spiro atoms. The molecule has 1 unspecified atom stereocenters. The molecule has 0 rings (SSSR count). The van der Waals surface area contributed by atoms with E-state index in [1.165, 1.54) is 0 Å². The normalized spacial score (nSPS) is 13.9. The fourth-order valence-electron chi connectivity index (χ4n) is 0.502. The van der Waals surface area contributed by atoms with Gasteiger partial charge in [0.1, 0.15) is 6.72 Å². The Kier molecular flexibility index (Phi) is 12.0. The van der Waals surface area contributed by atoms with Gasteiger partial charge in [-0.15, -0.1) is 0 Å². The van der Waals surface area contributed by atoms with E-state index in [1.54, 1.807) is 0 Å². The van der Waals surface area contributed by atoms with Crippen LogP contribution >= 0.6 is 6.72 Å². The molecule has 0 aromatic rings.